The number of ketones is 3. The van der Waals surface area contributed by atoms with Gasteiger partial charge < -0.3 is 14.9 Å². The molecule has 2 N–H and O–H groups in total. The van der Waals surface area contributed by atoms with Gasteiger partial charge in [0.05, 0.1) is 12.5 Å². The molecule has 0 bridgehead atoms. The summed E-state index contributed by atoms with van der Waals surface area (Å²) < 4.78 is 4.68. The van der Waals surface area contributed by atoms with E-state index in [2.05, 4.69) is 14.7 Å². The van der Waals surface area contributed by atoms with Crippen LogP contribution < -0.4 is 0 Å². The van der Waals surface area contributed by atoms with Gasteiger partial charge in [-0.15, -0.1) is 0 Å². The van der Waals surface area contributed by atoms with E-state index in [-0.39, 0.29) is 47.3 Å². The number of ether oxygens (including phenoxy) is 1. The summed E-state index contributed by atoms with van der Waals surface area (Å²) in [4.78, 5) is 56.0. The van der Waals surface area contributed by atoms with Crippen LogP contribution >= 0.6 is 23.2 Å². The van der Waals surface area contributed by atoms with Crippen molar-refractivity contribution in [1.82, 2.24) is 9.97 Å². The first-order chi connectivity index (χ1) is 21.9. The Morgan fingerprint density at radius 3 is 1.43 bits per heavy atom. The molecule has 2 heterocycles. The molecule has 0 aliphatic rings. The van der Waals surface area contributed by atoms with Crippen LogP contribution in [0, 0.1) is 10.8 Å². The fourth-order valence-electron chi connectivity index (χ4n) is 4.43. The van der Waals surface area contributed by atoms with Crippen LogP contribution in [0.3, 0.4) is 0 Å². The second-order valence-electron chi connectivity index (χ2n) is 12.2. The van der Waals surface area contributed by atoms with Crippen molar-refractivity contribution in [2.45, 2.75) is 47.5 Å². The maximum Gasteiger partial charge on any atom is 0.311 e. The number of carbonyl (C=O) groups is 4. The number of benzene rings is 2. The highest BCUT2D eigenvalue weighted by atomic mass is 35.5. The highest BCUT2D eigenvalue weighted by Crippen LogP contribution is 2.32. The summed E-state index contributed by atoms with van der Waals surface area (Å²) in [5.74, 6) is -1.81. The topological polar surface area (TPSA) is 144 Å². The molecule has 0 saturated heterocycles. The zero-order chi connectivity index (χ0) is 35.1. The lowest BCUT2D eigenvalue weighted by Crippen LogP contribution is -2.28. The molecular weight excluding hydrogens is 643 g/mol. The van der Waals surface area contributed by atoms with Crippen LogP contribution in [0.4, 0.5) is 0 Å². The SMILES string of the molecule is CC(=O)C(C)(C)CC(=O)c1ncc(-c2cccc(Cl)c2)cc1O.COC(=O)C(C)(C)CC(=O)c1ncc(-c2cccc(Cl)c2)cc1O. The molecule has 0 aliphatic heterocycles. The van der Waals surface area contributed by atoms with Gasteiger partial charge in [0.15, 0.2) is 11.6 Å². The molecule has 0 spiro atoms. The Balaban J connectivity index is 0.000000256. The molecule has 0 fully saturated rings. The van der Waals surface area contributed by atoms with Crippen molar-refractivity contribution in [3.05, 3.63) is 94.5 Å². The molecule has 2 aromatic carbocycles. The molecule has 2 aromatic heterocycles. The summed E-state index contributed by atoms with van der Waals surface area (Å²) >= 11 is 11.9. The molecule has 47 heavy (non-hydrogen) atoms. The summed E-state index contributed by atoms with van der Waals surface area (Å²) in [5.41, 5.74) is 0.999. The molecule has 0 amide bonds. The van der Waals surface area contributed by atoms with Crippen molar-refractivity contribution in [3.8, 4) is 33.8 Å². The first-order valence-electron chi connectivity index (χ1n) is 14.5. The molecule has 0 aliphatic carbocycles. The molecular formula is C36H36Cl2N2O7. The Bertz CT molecular complexity index is 1820. The van der Waals surface area contributed by atoms with Crippen LogP contribution in [0.25, 0.3) is 22.3 Å². The second kappa shape index (κ2) is 15.3. The van der Waals surface area contributed by atoms with Crippen molar-refractivity contribution in [3.63, 3.8) is 0 Å². The lowest BCUT2D eigenvalue weighted by atomic mass is 9.83. The van der Waals surface area contributed by atoms with Crippen LogP contribution in [0.5, 0.6) is 11.5 Å². The van der Waals surface area contributed by atoms with Gasteiger partial charge in [-0.1, -0.05) is 61.3 Å². The van der Waals surface area contributed by atoms with Crippen molar-refractivity contribution < 1.29 is 34.1 Å². The quantitative estimate of drug-likeness (QED) is 0.125. The Kier molecular flexibility index (Phi) is 12.0. The van der Waals surface area contributed by atoms with Crippen LogP contribution in [0.15, 0.2) is 73.1 Å². The standard InChI is InChI=1S/C18H18ClNO4.C18H18ClNO3/c1-18(2,17(23)24-3)9-15(22)16-14(21)8-12(10-20-16)11-5-4-6-13(19)7-11;1-11(21)18(2,3)9-16(23)17-15(22)8-13(10-20-17)12-5-4-6-14(19)7-12/h4-8,10,21H,9H2,1-3H3;4-8,10,22H,9H2,1-3H3. The van der Waals surface area contributed by atoms with E-state index in [1.165, 1.54) is 38.6 Å². The summed E-state index contributed by atoms with van der Waals surface area (Å²) in [6.45, 7) is 8.06. The predicted molar refractivity (Wildman–Crippen MR) is 181 cm³/mol. The lowest BCUT2D eigenvalue weighted by molar-refractivity contribution is -0.150. The number of hydrogen-bond acceptors (Lipinski definition) is 9. The maximum atomic E-state index is 12.4. The molecule has 0 radical (unpaired) electrons. The zero-order valence-electron chi connectivity index (χ0n) is 26.9. The summed E-state index contributed by atoms with van der Waals surface area (Å²) in [6.07, 6.45) is 2.89. The molecule has 11 heteroatoms. The number of pyridine rings is 2. The van der Waals surface area contributed by atoms with Gasteiger partial charge in [0.25, 0.3) is 0 Å². The minimum atomic E-state index is -0.994. The molecule has 0 unspecified atom stereocenters. The number of halogens is 2. The van der Waals surface area contributed by atoms with E-state index in [9.17, 15) is 29.4 Å². The smallest absolute Gasteiger partial charge is 0.311 e. The summed E-state index contributed by atoms with van der Waals surface area (Å²) in [5, 5.41) is 21.4. The van der Waals surface area contributed by atoms with Gasteiger partial charge in [-0.2, -0.15) is 0 Å². The van der Waals surface area contributed by atoms with Crippen LogP contribution in [0.1, 0.15) is 68.4 Å². The minimum Gasteiger partial charge on any atom is -0.506 e. The highest BCUT2D eigenvalue weighted by Gasteiger charge is 2.33. The highest BCUT2D eigenvalue weighted by molar-refractivity contribution is 6.31. The Labute approximate surface area is 283 Å². The fourth-order valence-corrected chi connectivity index (χ4v) is 4.81. The Hall–Kier alpha value is -4.60. The summed E-state index contributed by atoms with van der Waals surface area (Å²) in [7, 11) is 1.27. The number of rotatable bonds is 10. The number of methoxy groups -OCH3 is 1. The molecule has 4 aromatic rings. The number of nitrogens with zero attached hydrogens (tertiary/aromatic N) is 2. The third-order valence-corrected chi connectivity index (χ3v) is 7.95. The van der Waals surface area contributed by atoms with Crippen molar-refractivity contribution >= 4 is 46.5 Å². The average Bonchev–Trinajstić information content (AvgIpc) is 3.00. The number of Topliss-reactive ketones (excluding diaryl/α,β-unsaturated/α-hetero) is 3. The van der Waals surface area contributed by atoms with Gasteiger partial charge in [0.1, 0.15) is 28.7 Å². The molecule has 0 atom stereocenters. The number of esters is 1. The van der Waals surface area contributed by atoms with E-state index in [4.69, 9.17) is 23.2 Å². The zero-order valence-corrected chi connectivity index (χ0v) is 28.4. The van der Waals surface area contributed by atoms with Gasteiger partial charge in [0.2, 0.25) is 0 Å². The van der Waals surface area contributed by atoms with E-state index >= 15 is 0 Å². The fraction of sp³-hybridized carbons (Fsp3) is 0.278. The van der Waals surface area contributed by atoms with E-state index < -0.39 is 22.6 Å². The number of hydrogen-bond donors (Lipinski definition) is 2. The number of carbonyl (C=O) groups excluding carboxylic acids is 4. The maximum absolute atomic E-state index is 12.4. The third-order valence-electron chi connectivity index (χ3n) is 7.48. The molecule has 9 nitrogen and oxygen atoms in total. The van der Waals surface area contributed by atoms with Crippen LogP contribution in [-0.2, 0) is 14.3 Å². The van der Waals surface area contributed by atoms with E-state index in [0.717, 1.165) is 11.1 Å². The van der Waals surface area contributed by atoms with Gasteiger partial charge >= 0.3 is 5.97 Å². The lowest BCUT2D eigenvalue weighted by Gasteiger charge is -2.20. The van der Waals surface area contributed by atoms with Gasteiger partial charge in [-0.05, 0) is 68.3 Å². The molecule has 0 saturated carbocycles. The first-order valence-corrected chi connectivity index (χ1v) is 15.3. The minimum absolute atomic E-state index is 0.000590. The summed E-state index contributed by atoms with van der Waals surface area (Å²) in [6, 6.07) is 17.1. The number of aromatic nitrogens is 2. The number of aromatic hydroxyl groups is 2. The van der Waals surface area contributed by atoms with Gasteiger partial charge in [0, 0.05) is 51.8 Å². The largest absolute Gasteiger partial charge is 0.506 e. The van der Waals surface area contributed by atoms with Crippen molar-refractivity contribution in [2.75, 3.05) is 7.11 Å². The third kappa shape index (κ3) is 9.70. The Morgan fingerprint density at radius 1 is 0.681 bits per heavy atom. The molecule has 246 valence electrons. The van der Waals surface area contributed by atoms with E-state index in [1.54, 1.807) is 64.1 Å². The van der Waals surface area contributed by atoms with Crippen molar-refractivity contribution in [1.29, 1.82) is 0 Å². The van der Waals surface area contributed by atoms with E-state index in [0.29, 0.717) is 21.2 Å². The van der Waals surface area contributed by atoms with Crippen molar-refractivity contribution in [2.24, 2.45) is 10.8 Å². The van der Waals surface area contributed by atoms with Gasteiger partial charge in [-0.25, -0.2) is 9.97 Å². The second-order valence-corrected chi connectivity index (χ2v) is 13.1. The molecule has 4 rings (SSSR count). The monoisotopic (exact) mass is 678 g/mol. The normalized spacial score (nSPS) is 11.2. The predicted octanol–water partition coefficient (Wildman–Crippen LogP) is 8.18. The Morgan fingerprint density at radius 2 is 1.09 bits per heavy atom. The van der Waals surface area contributed by atoms with Gasteiger partial charge in [-0.3, -0.25) is 19.2 Å². The van der Waals surface area contributed by atoms with Crippen LogP contribution in [0.2, 0.25) is 10.0 Å². The van der Waals surface area contributed by atoms with Crippen LogP contribution in [-0.4, -0.2) is 50.6 Å². The first kappa shape index (κ1) is 36.9. The average molecular weight is 680 g/mol. The van der Waals surface area contributed by atoms with E-state index in [1.807, 2.05) is 12.1 Å².